The van der Waals surface area contributed by atoms with Crippen LogP contribution in [0.2, 0.25) is 0 Å². The number of piperidine rings is 2. The number of aliphatic hydroxyl groups excluding tert-OH is 1. The van der Waals surface area contributed by atoms with Gasteiger partial charge < -0.3 is 14.9 Å². The molecule has 2 aromatic heterocycles. The Bertz CT molecular complexity index is 768. The summed E-state index contributed by atoms with van der Waals surface area (Å²) in [6, 6.07) is 3.70. The van der Waals surface area contributed by atoms with Gasteiger partial charge in [0.25, 0.3) is 0 Å². The number of rotatable bonds is 5. The van der Waals surface area contributed by atoms with Gasteiger partial charge >= 0.3 is 0 Å². The number of aryl methyl sites for hydroxylation is 1. The van der Waals surface area contributed by atoms with E-state index in [1.807, 2.05) is 27.9 Å². The van der Waals surface area contributed by atoms with Crippen molar-refractivity contribution < 1.29 is 9.90 Å². The van der Waals surface area contributed by atoms with Gasteiger partial charge in [0.2, 0.25) is 11.9 Å². The molecule has 0 radical (unpaired) electrons. The fourth-order valence-corrected chi connectivity index (χ4v) is 4.53. The maximum absolute atomic E-state index is 12.8. The summed E-state index contributed by atoms with van der Waals surface area (Å²) in [4.78, 5) is 25.6. The van der Waals surface area contributed by atoms with Crippen LogP contribution in [0, 0.1) is 5.41 Å². The number of amides is 1. The highest BCUT2D eigenvalue weighted by Crippen LogP contribution is 2.39. The smallest absolute Gasteiger partial charge is 0.225 e. The van der Waals surface area contributed by atoms with Crippen molar-refractivity contribution in [2.45, 2.75) is 44.8 Å². The van der Waals surface area contributed by atoms with Crippen LogP contribution >= 0.6 is 0 Å². The van der Waals surface area contributed by atoms with Crippen LogP contribution in [0.25, 0.3) is 0 Å². The van der Waals surface area contributed by atoms with Crippen LogP contribution in [0.3, 0.4) is 0 Å². The zero-order valence-electron chi connectivity index (χ0n) is 16.2. The first-order chi connectivity index (χ1) is 13.7. The van der Waals surface area contributed by atoms with Gasteiger partial charge in [0, 0.05) is 69.3 Å². The second kappa shape index (κ2) is 8.26. The number of anilines is 1. The van der Waals surface area contributed by atoms with E-state index in [0.717, 1.165) is 38.9 Å². The van der Waals surface area contributed by atoms with E-state index in [-0.39, 0.29) is 11.3 Å². The normalized spacial score (nSPS) is 25.2. The minimum absolute atomic E-state index is 0.173. The molecule has 1 N–H and O–H groups in total. The molecule has 0 unspecified atom stereocenters. The van der Waals surface area contributed by atoms with Crippen molar-refractivity contribution in [2.24, 2.45) is 5.41 Å². The van der Waals surface area contributed by atoms with Gasteiger partial charge in [-0.15, -0.1) is 0 Å². The van der Waals surface area contributed by atoms with E-state index in [1.54, 1.807) is 18.6 Å². The Kier molecular flexibility index (Phi) is 5.57. The van der Waals surface area contributed by atoms with Gasteiger partial charge in [-0.2, -0.15) is 5.10 Å². The molecule has 2 atom stereocenters. The lowest BCUT2D eigenvalue weighted by Crippen LogP contribution is -2.60. The maximum atomic E-state index is 12.8. The van der Waals surface area contributed by atoms with Gasteiger partial charge in [0.15, 0.2) is 0 Å². The van der Waals surface area contributed by atoms with Crippen molar-refractivity contribution in [3.63, 3.8) is 0 Å². The molecular weight excluding hydrogens is 356 g/mol. The quantitative estimate of drug-likeness (QED) is 0.837. The standard InChI is InChI=1S/C20H28N6O2/c27-17-6-14-25(19-21-8-3-9-22-19)16-20(17)7-2-11-24(15-20)18(28)5-1-12-26-13-4-10-23-26/h3-4,8-10,13,17,27H,1-2,5-7,11-12,14-16H2/t17-,20+/m1/s1. The topological polar surface area (TPSA) is 87.4 Å². The molecule has 1 spiro atoms. The average molecular weight is 384 g/mol. The summed E-state index contributed by atoms with van der Waals surface area (Å²) < 4.78 is 1.85. The van der Waals surface area contributed by atoms with Gasteiger partial charge in [-0.25, -0.2) is 9.97 Å². The molecule has 1 amide bonds. The van der Waals surface area contributed by atoms with Crippen molar-refractivity contribution >= 4 is 11.9 Å². The lowest BCUT2D eigenvalue weighted by atomic mass is 9.71. The van der Waals surface area contributed by atoms with Crippen molar-refractivity contribution in [3.05, 3.63) is 36.9 Å². The second-order valence-electron chi connectivity index (χ2n) is 7.93. The predicted octanol–water partition coefficient (Wildman–Crippen LogP) is 1.33. The number of likely N-dealkylation sites (tertiary alicyclic amines) is 1. The Morgan fingerprint density at radius 3 is 2.82 bits per heavy atom. The Balaban J connectivity index is 1.38. The van der Waals surface area contributed by atoms with Crippen LogP contribution in [0.5, 0.6) is 0 Å². The molecule has 8 nitrogen and oxygen atoms in total. The Morgan fingerprint density at radius 1 is 1.18 bits per heavy atom. The van der Waals surface area contributed by atoms with Gasteiger partial charge in [-0.1, -0.05) is 0 Å². The molecule has 8 heteroatoms. The number of aromatic nitrogens is 4. The molecule has 4 rings (SSSR count). The first kappa shape index (κ1) is 18.9. The highest BCUT2D eigenvalue weighted by molar-refractivity contribution is 5.76. The molecule has 2 aliphatic heterocycles. The summed E-state index contributed by atoms with van der Waals surface area (Å²) in [6.07, 6.45) is 10.6. The zero-order valence-corrected chi connectivity index (χ0v) is 16.2. The average Bonchev–Trinajstić information content (AvgIpc) is 3.24. The molecule has 0 bridgehead atoms. The molecular formula is C20H28N6O2. The van der Waals surface area contributed by atoms with Gasteiger partial charge in [0.05, 0.1) is 6.10 Å². The number of carbonyl (C=O) groups excluding carboxylic acids is 1. The number of hydrogen-bond acceptors (Lipinski definition) is 6. The molecule has 2 saturated heterocycles. The molecule has 2 fully saturated rings. The highest BCUT2D eigenvalue weighted by Gasteiger charge is 2.46. The number of hydrogen-bond donors (Lipinski definition) is 1. The van der Waals surface area contributed by atoms with E-state index in [0.29, 0.717) is 31.9 Å². The fourth-order valence-electron chi connectivity index (χ4n) is 4.53. The van der Waals surface area contributed by atoms with E-state index in [9.17, 15) is 9.90 Å². The summed E-state index contributed by atoms with van der Waals surface area (Å²) in [5.41, 5.74) is -0.298. The minimum atomic E-state index is -0.396. The molecule has 0 aromatic carbocycles. The van der Waals surface area contributed by atoms with Crippen LogP contribution < -0.4 is 4.90 Å². The highest BCUT2D eigenvalue weighted by atomic mass is 16.3. The summed E-state index contributed by atoms with van der Waals surface area (Å²) in [5, 5.41) is 15.0. The molecule has 2 aliphatic rings. The van der Waals surface area contributed by atoms with Crippen molar-refractivity contribution in [3.8, 4) is 0 Å². The maximum Gasteiger partial charge on any atom is 0.225 e. The largest absolute Gasteiger partial charge is 0.392 e. The third kappa shape index (κ3) is 4.01. The Labute approximate surface area is 165 Å². The van der Waals surface area contributed by atoms with Crippen LogP contribution in [0.15, 0.2) is 36.9 Å². The Morgan fingerprint density at radius 2 is 2.04 bits per heavy atom. The summed E-state index contributed by atoms with van der Waals surface area (Å²) in [5.74, 6) is 0.878. The van der Waals surface area contributed by atoms with E-state index in [2.05, 4.69) is 20.0 Å². The van der Waals surface area contributed by atoms with Crippen molar-refractivity contribution in [2.75, 3.05) is 31.1 Å². The van der Waals surface area contributed by atoms with E-state index < -0.39 is 6.10 Å². The van der Waals surface area contributed by atoms with E-state index >= 15 is 0 Å². The first-order valence-corrected chi connectivity index (χ1v) is 10.1. The van der Waals surface area contributed by atoms with Crippen LogP contribution in [-0.2, 0) is 11.3 Å². The third-order valence-corrected chi connectivity index (χ3v) is 6.02. The third-order valence-electron chi connectivity index (χ3n) is 6.02. The number of carbonyl (C=O) groups is 1. The number of nitrogens with zero attached hydrogens (tertiary/aromatic N) is 6. The lowest BCUT2D eigenvalue weighted by Gasteiger charge is -2.51. The molecule has 0 saturated carbocycles. The van der Waals surface area contributed by atoms with Gasteiger partial charge in [-0.3, -0.25) is 9.48 Å². The molecule has 28 heavy (non-hydrogen) atoms. The molecule has 2 aromatic rings. The number of aliphatic hydroxyl groups is 1. The molecule has 0 aliphatic carbocycles. The summed E-state index contributed by atoms with van der Waals surface area (Å²) in [6.45, 7) is 3.56. The monoisotopic (exact) mass is 384 g/mol. The van der Waals surface area contributed by atoms with Gasteiger partial charge in [-0.05, 0) is 37.8 Å². The van der Waals surface area contributed by atoms with Crippen molar-refractivity contribution in [1.29, 1.82) is 0 Å². The SMILES string of the molecule is O=C(CCCn1cccn1)N1CCC[C@]2(C1)CN(c1ncccn1)CC[C@H]2O. The van der Waals surface area contributed by atoms with E-state index in [1.165, 1.54) is 0 Å². The zero-order chi connectivity index (χ0) is 19.4. The summed E-state index contributed by atoms with van der Waals surface area (Å²) in [7, 11) is 0. The first-order valence-electron chi connectivity index (χ1n) is 10.1. The van der Waals surface area contributed by atoms with Crippen LogP contribution in [0.1, 0.15) is 32.1 Å². The minimum Gasteiger partial charge on any atom is -0.392 e. The van der Waals surface area contributed by atoms with Crippen molar-refractivity contribution in [1.82, 2.24) is 24.6 Å². The predicted molar refractivity (Wildman–Crippen MR) is 105 cm³/mol. The van der Waals surface area contributed by atoms with E-state index in [4.69, 9.17) is 0 Å². The summed E-state index contributed by atoms with van der Waals surface area (Å²) >= 11 is 0. The fraction of sp³-hybridized carbons (Fsp3) is 0.600. The Hall–Kier alpha value is -2.48. The molecule has 4 heterocycles. The van der Waals surface area contributed by atoms with Crippen LogP contribution in [-0.4, -0.2) is 67.9 Å². The van der Waals surface area contributed by atoms with Gasteiger partial charge in [0.1, 0.15) is 0 Å². The molecule has 150 valence electrons. The second-order valence-corrected chi connectivity index (χ2v) is 7.93. The lowest BCUT2D eigenvalue weighted by molar-refractivity contribution is -0.138. The van der Waals surface area contributed by atoms with Crippen LogP contribution in [0.4, 0.5) is 5.95 Å².